The largest absolute Gasteiger partial charge is 0.357 e. The molecule has 0 spiro atoms. The summed E-state index contributed by atoms with van der Waals surface area (Å²) in [7, 11) is 0. The Labute approximate surface area is 108 Å². The summed E-state index contributed by atoms with van der Waals surface area (Å²) in [5, 5.41) is 8.80. The van der Waals surface area contributed by atoms with Crippen molar-refractivity contribution in [2.75, 3.05) is 0 Å². The number of nitriles is 1. The Hall–Kier alpha value is -1.86. The molecule has 0 bridgehead atoms. The maximum atomic E-state index is 11.7. The van der Waals surface area contributed by atoms with Crippen molar-refractivity contribution in [3.05, 3.63) is 63.0 Å². The molecule has 0 radical (unpaired) electrons. The molecule has 86 valence electrons. The summed E-state index contributed by atoms with van der Waals surface area (Å²) in [6, 6.07) is 3.26. The smallest absolute Gasteiger partial charge is 0.200 e. The molecule has 0 amide bonds. The predicted octanol–water partition coefficient (Wildman–Crippen LogP) is 3.03. The molecular weight excluding hydrogens is 280 g/mol. The molecule has 0 unspecified atom stereocenters. The third-order valence-electron chi connectivity index (χ3n) is 2.17. The van der Waals surface area contributed by atoms with Gasteiger partial charge in [-0.3, -0.25) is 4.79 Å². The zero-order chi connectivity index (χ0) is 13.0. The van der Waals surface area contributed by atoms with Crippen LogP contribution in [0.3, 0.4) is 0 Å². The second-order valence-electron chi connectivity index (χ2n) is 3.41. The Balaban J connectivity index is 3.45. The molecule has 0 atom stereocenters. The van der Waals surface area contributed by atoms with E-state index < -0.39 is 0 Å². The van der Waals surface area contributed by atoms with Gasteiger partial charge in [-0.1, -0.05) is 35.2 Å². The summed E-state index contributed by atoms with van der Waals surface area (Å²) in [5.41, 5.74) is 1.73. The lowest BCUT2D eigenvalue weighted by Gasteiger charge is -2.05. The van der Waals surface area contributed by atoms with Crippen molar-refractivity contribution in [3.8, 4) is 6.07 Å². The summed E-state index contributed by atoms with van der Waals surface area (Å²) in [5.74, 6) is 0. The van der Waals surface area contributed by atoms with Gasteiger partial charge in [0.15, 0.2) is 5.43 Å². The monoisotopic (exact) mass is 290 g/mol. The summed E-state index contributed by atoms with van der Waals surface area (Å²) in [6.45, 7) is 9.06. The molecule has 4 heteroatoms. The number of aromatic nitrogens is 1. The van der Waals surface area contributed by atoms with Crippen LogP contribution in [0.2, 0.25) is 0 Å². The Morgan fingerprint density at radius 2 is 2.29 bits per heavy atom. The number of nitrogens with zero attached hydrogens (tertiary/aromatic N) is 1. The van der Waals surface area contributed by atoms with Crippen molar-refractivity contribution in [3.63, 3.8) is 0 Å². The highest BCUT2D eigenvalue weighted by Crippen LogP contribution is 2.17. The summed E-state index contributed by atoms with van der Waals surface area (Å²) in [6.07, 6.45) is 3.35. The van der Waals surface area contributed by atoms with Crippen molar-refractivity contribution in [1.29, 1.82) is 5.26 Å². The number of hydrogen-bond acceptors (Lipinski definition) is 2. The number of halogens is 1. The number of H-pyrrole nitrogens is 1. The van der Waals surface area contributed by atoms with E-state index in [1.807, 2.05) is 6.07 Å². The van der Waals surface area contributed by atoms with Gasteiger partial charge in [-0.15, -0.1) is 0 Å². The van der Waals surface area contributed by atoms with Gasteiger partial charge in [-0.25, -0.2) is 0 Å². The molecule has 0 aliphatic carbocycles. The zero-order valence-electron chi connectivity index (χ0n) is 9.38. The first-order valence-corrected chi connectivity index (χ1v) is 5.61. The normalized spacial score (nSPS) is 10.8. The number of aromatic amines is 1. The molecule has 0 saturated carbocycles. The summed E-state index contributed by atoms with van der Waals surface area (Å²) >= 11 is 3.22. The zero-order valence-corrected chi connectivity index (χ0v) is 11.0. The average molecular weight is 291 g/mol. The molecular formula is C13H11BrN2O. The van der Waals surface area contributed by atoms with Crippen LogP contribution in [0.25, 0.3) is 5.57 Å². The van der Waals surface area contributed by atoms with Crippen LogP contribution in [-0.2, 0) is 0 Å². The topological polar surface area (TPSA) is 56.6 Å². The van der Waals surface area contributed by atoms with Gasteiger partial charge in [0.1, 0.15) is 11.6 Å². The molecule has 3 nitrogen and oxygen atoms in total. The lowest BCUT2D eigenvalue weighted by atomic mass is 10.1. The van der Waals surface area contributed by atoms with E-state index in [-0.39, 0.29) is 11.0 Å². The van der Waals surface area contributed by atoms with E-state index in [4.69, 9.17) is 5.26 Å². The minimum absolute atomic E-state index is 0.134. The molecule has 1 aromatic rings. The minimum atomic E-state index is -0.299. The van der Waals surface area contributed by atoms with Crippen molar-refractivity contribution in [2.45, 2.75) is 6.92 Å². The van der Waals surface area contributed by atoms with Gasteiger partial charge in [0.05, 0.1) is 0 Å². The number of allylic oxidation sites excluding steroid dienone is 4. The minimum Gasteiger partial charge on any atom is -0.357 e. The molecule has 17 heavy (non-hydrogen) atoms. The van der Waals surface area contributed by atoms with Gasteiger partial charge in [-0.2, -0.15) is 5.26 Å². The third-order valence-corrected chi connectivity index (χ3v) is 2.40. The van der Waals surface area contributed by atoms with Crippen molar-refractivity contribution < 1.29 is 0 Å². The second-order valence-corrected chi connectivity index (χ2v) is 4.43. The van der Waals surface area contributed by atoms with Crippen LogP contribution in [0.15, 0.2) is 40.7 Å². The Kier molecular flexibility index (Phi) is 4.24. The number of hydrogen-bond donors (Lipinski definition) is 1. The Bertz CT molecular complexity index is 603. The molecule has 1 rings (SSSR count). The highest BCUT2D eigenvalue weighted by atomic mass is 79.9. The van der Waals surface area contributed by atoms with E-state index >= 15 is 0 Å². The SMILES string of the molecule is C=C/C(=C\C(=C)Br)c1cc(=O)c(C#N)c(C)[nH]1. The molecule has 0 aliphatic heterocycles. The van der Waals surface area contributed by atoms with Crippen LogP contribution in [0.1, 0.15) is 17.0 Å². The molecule has 0 aliphatic rings. The number of pyridine rings is 1. The van der Waals surface area contributed by atoms with Gasteiger partial charge in [0.2, 0.25) is 0 Å². The van der Waals surface area contributed by atoms with E-state index in [0.717, 1.165) is 5.57 Å². The average Bonchev–Trinajstić information content (AvgIpc) is 2.25. The first-order chi connectivity index (χ1) is 7.99. The van der Waals surface area contributed by atoms with Crippen molar-refractivity contribution >= 4 is 21.5 Å². The molecule has 1 aromatic heterocycles. The molecule has 1 N–H and O–H groups in total. The third kappa shape index (κ3) is 3.05. The predicted molar refractivity (Wildman–Crippen MR) is 72.8 cm³/mol. The fraction of sp³-hybridized carbons (Fsp3) is 0.0769. The molecule has 0 saturated heterocycles. The summed E-state index contributed by atoms with van der Waals surface area (Å²) < 4.78 is 0.676. The van der Waals surface area contributed by atoms with Gasteiger partial charge < -0.3 is 4.98 Å². The molecule has 0 aromatic carbocycles. The second kappa shape index (κ2) is 5.46. The van der Waals surface area contributed by atoms with E-state index in [1.54, 1.807) is 19.1 Å². The first kappa shape index (κ1) is 13.2. The van der Waals surface area contributed by atoms with E-state index in [0.29, 0.717) is 15.9 Å². The Morgan fingerprint density at radius 3 is 2.71 bits per heavy atom. The van der Waals surface area contributed by atoms with Gasteiger partial charge in [0, 0.05) is 21.9 Å². The maximum Gasteiger partial charge on any atom is 0.200 e. The quantitative estimate of drug-likeness (QED) is 0.870. The van der Waals surface area contributed by atoms with Gasteiger partial charge >= 0.3 is 0 Å². The van der Waals surface area contributed by atoms with Gasteiger partial charge in [-0.05, 0) is 18.6 Å². The fourth-order valence-electron chi connectivity index (χ4n) is 1.40. The highest BCUT2D eigenvalue weighted by Gasteiger charge is 2.07. The Morgan fingerprint density at radius 1 is 1.65 bits per heavy atom. The first-order valence-electron chi connectivity index (χ1n) is 4.82. The lowest BCUT2D eigenvalue weighted by Crippen LogP contribution is -2.10. The lowest BCUT2D eigenvalue weighted by molar-refractivity contribution is 1.14. The highest BCUT2D eigenvalue weighted by molar-refractivity contribution is 9.11. The van der Waals surface area contributed by atoms with E-state index in [2.05, 4.69) is 34.1 Å². The maximum absolute atomic E-state index is 11.7. The van der Waals surface area contributed by atoms with Crippen LogP contribution in [0, 0.1) is 18.3 Å². The van der Waals surface area contributed by atoms with Crippen LogP contribution in [0.5, 0.6) is 0 Å². The van der Waals surface area contributed by atoms with Crippen LogP contribution in [0.4, 0.5) is 0 Å². The van der Waals surface area contributed by atoms with Crippen LogP contribution in [-0.4, -0.2) is 4.98 Å². The number of nitrogens with one attached hydrogen (secondary N) is 1. The van der Waals surface area contributed by atoms with E-state index in [1.165, 1.54) is 6.07 Å². The molecule has 1 heterocycles. The van der Waals surface area contributed by atoms with Crippen molar-refractivity contribution in [1.82, 2.24) is 4.98 Å². The summed E-state index contributed by atoms with van der Waals surface area (Å²) in [4.78, 5) is 14.7. The van der Waals surface area contributed by atoms with Crippen LogP contribution >= 0.6 is 15.9 Å². The number of rotatable bonds is 3. The van der Waals surface area contributed by atoms with Crippen LogP contribution < -0.4 is 5.43 Å². The van der Waals surface area contributed by atoms with Gasteiger partial charge in [0.25, 0.3) is 0 Å². The standard InChI is InChI=1S/C13H11BrN2O/c1-4-10(5-8(2)14)12-6-13(17)11(7-15)9(3)16-12/h4-6H,1-2H2,3H3,(H,16,17)/b10-5+. The number of aryl methyl sites for hydroxylation is 1. The van der Waals surface area contributed by atoms with E-state index in [9.17, 15) is 4.79 Å². The van der Waals surface area contributed by atoms with Crippen molar-refractivity contribution in [2.24, 2.45) is 0 Å². The molecule has 0 fully saturated rings. The fourth-order valence-corrected chi connectivity index (χ4v) is 1.65.